The van der Waals surface area contributed by atoms with Crippen LogP contribution in [0.4, 0.5) is 5.82 Å². The van der Waals surface area contributed by atoms with Gasteiger partial charge in [0.2, 0.25) is 5.88 Å². The summed E-state index contributed by atoms with van der Waals surface area (Å²) >= 11 is 8.93. The molecule has 1 aromatic heterocycles. The number of hydrogen-bond donors (Lipinski definition) is 0. The second-order valence-corrected chi connectivity index (χ2v) is 6.51. The van der Waals surface area contributed by atoms with Gasteiger partial charge in [-0.1, -0.05) is 35.8 Å². The number of ether oxygens (including phenoxy) is 2. The Bertz CT molecular complexity index is 707. The lowest BCUT2D eigenvalue weighted by Crippen LogP contribution is -2.29. The average molecular weight is 395 g/mol. The minimum Gasteiger partial charge on any atom is -0.481 e. The van der Waals surface area contributed by atoms with Crippen LogP contribution < -0.4 is 14.4 Å². The molecule has 0 amide bonds. The number of rotatable bonds is 4. The van der Waals surface area contributed by atoms with Crippen LogP contribution in [0.1, 0.15) is 25.3 Å². The Morgan fingerprint density at radius 1 is 1.26 bits per heavy atom. The van der Waals surface area contributed by atoms with Crippen LogP contribution in [0, 0.1) is 0 Å². The SMILES string of the molecule is COc1cccc(N(C)C(=S)Oc2ccc(Br)c(C(C)C)c2)n1. The fraction of sp³-hybridized carbons (Fsp3) is 0.294. The van der Waals surface area contributed by atoms with E-state index in [0.29, 0.717) is 28.5 Å². The highest BCUT2D eigenvalue weighted by molar-refractivity contribution is 9.10. The first-order valence-corrected chi connectivity index (χ1v) is 8.38. The summed E-state index contributed by atoms with van der Waals surface area (Å²) in [4.78, 5) is 6.05. The van der Waals surface area contributed by atoms with Gasteiger partial charge in [0.1, 0.15) is 11.6 Å². The van der Waals surface area contributed by atoms with Crippen molar-refractivity contribution in [3.8, 4) is 11.6 Å². The summed E-state index contributed by atoms with van der Waals surface area (Å²) in [6.45, 7) is 4.27. The summed E-state index contributed by atoms with van der Waals surface area (Å²) in [6.07, 6.45) is 0. The van der Waals surface area contributed by atoms with Crippen molar-refractivity contribution in [3.63, 3.8) is 0 Å². The van der Waals surface area contributed by atoms with E-state index in [-0.39, 0.29) is 0 Å². The smallest absolute Gasteiger partial charge is 0.270 e. The van der Waals surface area contributed by atoms with E-state index in [2.05, 4.69) is 34.8 Å². The van der Waals surface area contributed by atoms with Gasteiger partial charge in [-0.25, -0.2) is 0 Å². The number of halogens is 1. The second-order valence-electron chi connectivity index (χ2n) is 5.30. The predicted octanol–water partition coefficient (Wildman–Crippen LogP) is 4.78. The van der Waals surface area contributed by atoms with Crippen molar-refractivity contribution in [2.45, 2.75) is 19.8 Å². The Hall–Kier alpha value is -1.66. The molecule has 0 aliphatic rings. The molecule has 4 nitrogen and oxygen atoms in total. The molecule has 0 aliphatic heterocycles. The summed E-state index contributed by atoms with van der Waals surface area (Å²) in [5.41, 5.74) is 1.17. The van der Waals surface area contributed by atoms with Gasteiger partial charge in [-0.2, -0.15) is 4.98 Å². The van der Waals surface area contributed by atoms with Crippen LogP contribution in [0.5, 0.6) is 11.6 Å². The molecule has 0 spiro atoms. The van der Waals surface area contributed by atoms with E-state index in [1.165, 1.54) is 5.56 Å². The van der Waals surface area contributed by atoms with Crippen molar-refractivity contribution in [1.82, 2.24) is 4.98 Å². The molecule has 122 valence electrons. The van der Waals surface area contributed by atoms with E-state index < -0.39 is 0 Å². The molecule has 6 heteroatoms. The largest absolute Gasteiger partial charge is 0.481 e. The molecule has 2 rings (SSSR count). The Kier molecular flexibility index (Phi) is 5.96. The zero-order valence-electron chi connectivity index (χ0n) is 13.5. The van der Waals surface area contributed by atoms with Crippen LogP contribution in [0.2, 0.25) is 0 Å². The molecule has 0 fully saturated rings. The summed E-state index contributed by atoms with van der Waals surface area (Å²) in [5.74, 6) is 2.29. The van der Waals surface area contributed by atoms with E-state index in [0.717, 1.165) is 4.47 Å². The van der Waals surface area contributed by atoms with E-state index in [4.69, 9.17) is 21.7 Å². The normalized spacial score (nSPS) is 10.5. The topological polar surface area (TPSA) is 34.6 Å². The van der Waals surface area contributed by atoms with Gasteiger partial charge < -0.3 is 9.47 Å². The van der Waals surface area contributed by atoms with Crippen molar-refractivity contribution in [2.24, 2.45) is 0 Å². The molecule has 0 aliphatic carbocycles. The van der Waals surface area contributed by atoms with Crippen LogP contribution in [-0.4, -0.2) is 24.3 Å². The van der Waals surface area contributed by atoms with Crippen LogP contribution in [0.3, 0.4) is 0 Å². The number of methoxy groups -OCH3 is 1. The van der Waals surface area contributed by atoms with Gasteiger partial charge in [-0.05, 0) is 48.0 Å². The van der Waals surface area contributed by atoms with Crippen molar-refractivity contribution in [1.29, 1.82) is 0 Å². The first kappa shape index (κ1) is 17.7. The third-order valence-electron chi connectivity index (χ3n) is 3.33. The zero-order chi connectivity index (χ0) is 17.0. The van der Waals surface area contributed by atoms with Crippen molar-refractivity contribution in [3.05, 3.63) is 46.4 Å². The van der Waals surface area contributed by atoms with Gasteiger partial charge in [0.15, 0.2) is 0 Å². The highest BCUT2D eigenvalue weighted by Crippen LogP contribution is 2.29. The summed E-state index contributed by atoms with van der Waals surface area (Å²) in [7, 11) is 3.39. The molecule has 23 heavy (non-hydrogen) atoms. The molecule has 0 unspecified atom stereocenters. The number of thiocarbonyl (C=S) groups is 1. The van der Waals surface area contributed by atoms with Crippen LogP contribution >= 0.6 is 28.1 Å². The minimum absolute atomic E-state index is 0.322. The number of anilines is 1. The van der Waals surface area contributed by atoms with E-state index in [9.17, 15) is 0 Å². The molecule has 2 aromatic rings. The van der Waals surface area contributed by atoms with E-state index in [1.807, 2.05) is 37.4 Å². The highest BCUT2D eigenvalue weighted by atomic mass is 79.9. The monoisotopic (exact) mass is 394 g/mol. The third-order valence-corrected chi connectivity index (χ3v) is 4.41. The molecule has 0 atom stereocenters. The number of hydrogen-bond acceptors (Lipinski definition) is 4. The maximum Gasteiger partial charge on any atom is 0.270 e. The van der Waals surface area contributed by atoms with Crippen LogP contribution in [-0.2, 0) is 0 Å². The average Bonchev–Trinajstić information content (AvgIpc) is 2.55. The second kappa shape index (κ2) is 7.75. The number of benzene rings is 1. The number of pyridine rings is 1. The Balaban J connectivity index is 2.16. The third kappa shape index (κ3) is 4.42. The lowest BCUT2D eigenvalue weighted by Gasteiger charge is -2.20. The maximum atomic E-state index is 5.81. The van der Waals surface area contributed by atoms with Crippen molar-refractivity contribution in [2.75, 3.05) is 19.1 Å². The van der Waals surface area contributed by atoms with Crippen molar-refractivity contribution >= 4 is 39.1 Å². The van der Waals surface area contributed by atoms with Gasteiger partial charge in [-0.15, -0.1) is 0 Å². The molecular weight excluding hydrogens is 376 g/mol. The zero-order valence-corrected chi connectivity index (χ0v) is 15.9. The molecular formula is C17H19BrN2O2S. The molecule has 0 radical (unpaired) electrons. The maximum absolute atomic E-state index is 5.81. The van der Waals surface area contributed by atoms with Gasteiger partial charge in [-0.3, -0.25) is 4.90 Å². The van der Waals surface area contributed by atoms with Gasteiger partial charge in [0, 0.05) is 17.6 Å². The molecule has 0 saturated carbocycles. The summed E-state index contributed by atoms with van der Waals surface area (Å²) in [5, 5.41) is 0.322. The lowest BCUT2D eigenvalue weighted by molar-refractivity contribution is 0.398. The van der Waals surface area contributed by atoms with Crippen molar-refractivity contribution < 1.29 is 9.47 Å². The van der Waals surface area contributed by atoms with Crippen LogP contribution in [0.25, 0.3) is 0 Å². The fourth-order valence-corrected chi connectivity index (χ4v) is 2.89. The van der Waals surface area contributed by atoms with Crippen LogP contribution in [0.15, 0.2) is 40.9 Å². The first-order chi connectivity index (χ1) is 10.9. The van der Waals surface area contributed by atoms with E-state index >= 15 is 0 Å². The standard InChI is InChI=1S/C17H19BrN2O2S/c1-11(2)13-10-12(8-9-14(13)18)22-17(23)20(3)15-6-5-7-16(19-15)21-4/h5-11H,1-4H3. The van der Waals surface area contributed by atoms with Gasteiger partial charge >= 0.3 is 0 Å². The Morgan fingerprint density at radius 3 is 2.65 bits per heavy atom. The molecule has 1 heterocycles. The first-order valence-electron chi connectivity index (χ1n) is 7.18. The quantitative estimate of drug-likeness (QED) is 0.697. The Morgan fingerprint density at radius 2 is 2.00 bits per heavy atom. The Labute approximate surface area is 150 Å². The molecule has 0 N–H and O–H groups in total. The van der Waals surface area contributed by atoms with E-state index in [1.54, 1.807) is 18.1 Å². The minimum atomic E-state index is 0.322. The highest BCUT2D eigenvalue weighted by Gasteiger charge is 2.13. The van der Waals surface area contributed by atoms with Gasteiger partial charge in [0.25, 0.3) is 5.17 Å². The molecule has 1 aromatic carbocycles. The summed E-state index contributed by atoms with van der Waals surface area (Å²) < 4.78 is 12.0. The molecule has 0 bridgehead atoms. The fourth-order valence-electron chi connectivity index (χ4n) is 1.99. The summed E-state index contributed by atoms with van der Waals surface area (Å²) in [6, 6.07) is 11.3. The predicted molar refractivity (Wildman–Crippen MR) is 101 cm³/mol. The lowest BCUT2D eigenvalue weighted by atomic mass is 10.0. The number of aromatic nitrogens is 1. The molecule has 0 saturated heterocycles. The number of nitrogens with zero attached hydrogens (tertiary/aromatic N) is 2. The van der Waals surface area contributed by atoms with Gasteiger partial charge in [0.05, 0.1) is 7.11 Å².